The number of piperazine rings is 1. The number of carbonyl (C=O) groups is 4. The van der Waals surface area contributed by atoms with Crippen molar-refractivity contribution in [1.82, 2.24) is 28.9 Å². The first-order valence-electron chi connectivity index (χ1n) is 23.6. The Kier molecular flexibility index (Phi) is 14.2. The molecule has 16 nitrogen and oxygen atoms in total. The number of carbonyl (C=O) groups excluding carboxylic acids is 4. The second-order valence-electron chi connectivity index (χ2n) is 22.5. The van der Waals surface area contributed by atoms with Gasteiger partial charge >= 0.3 is 12.2 Å². The molecule has 0 spiro atoms. The van der Waals surface area contributed by atoms with Crippen molar-refractivity contribution in [3.63, 3.8) is 0 Å². The van der Waals surface area contributed by atoms with E-state index in [1.807, 2.05) is 87.1 Å². The van der Waals surface area contributed by atoms with Gasteiger partial charge in [0.15, 0.2) is 0 Å². The summed E-state index contributed by atoms with van der Waals surface area (Å²) in [4.78, 5) is 72.0. The molecule has 0 saturated carbocycles. The molecule has 3 aliphatic heterocycles. The highest BCUT2D eigenvalue weighted by Crippen LogP contribution is 2.38. The molecule has 0 N–H and O–H groups in total. The zero-order valence-corrected chi connectivity index (χ0v) is 43.4. The summed E-state index contributed by atoms with van der Waals surface area (Å²) in [7, 11) is -2.74. The van der Waals surface area contributed by atoms with E-state index in [2.05, 4.69) is 39.3 Å². The maximum absolute atomic E-state index is 14.2. The number of hydrogen-bond acceptors (Lipinski definition) is 10. The largest absolute Gasteiger partial charge is 0.444 e. The summed E-state index contributed by atoms with van der Waals surface area (Å²) in [6, 6.07) is 12.6. The number of hydrogen-bond donors (Lipinski definition) is 0. The summed E-state index contributed by atoms with van der Waals surface area (Å²) in [5.74, 6) is 0.939. The summed E-state index contributed by atoms with van der Waals surface area (Å²) in [6.45, 7) is 27.5. The van der Waals surface area contributed by atoms with Crippen LogP contribution < -0.4 is 9.80 Å². The molecule has 4 aromatic rings. The smallest absolute Gasteiger partial charge is 0.410 e. The Hall–Kier alpha value is -4.79. The molecule has 2 aromatic carbocycles. The molecule has 0 bridgehead atoms. The minimum Gasteiger partial charge on any atom is -0.444 e. The molecular formula is C48H72N8O8Si2. The number of imidazole rings is 2. The van der Waals surface area contributed by atoms with Gasteiger partial charge in [-0.3, -0.25) is 19.4 Å². The van der Waals surface area contributed by atoms with Gasteiger partial charge in [-0.2, -0.15) is 0 Å². The molecule has 4 amide bonds. The molecule has 0 unspecified atom stereocenters. The first kappa shape index (κ1) is 49.1. The van der Waals surface area contributed by atoms with Crippen LogP contribution in [0.15, 0.2) is 36.4 Å². The highest BCUT2D eigenvalue weighted by Gasteiger charge is 2.39. The van der Waals surface area contributed by atoms with Gasteiger partial charge < -0.3 is 37.9 Å². The fourth-order valence-electron chi connectivity index (χ4n) is 8.68. The molecule has 2 atom stereocenters. The van der Waals surface area contributed by atoms with E-state index in [0.717, 1.165) is 48.8 Å². The summed E-state index contributed by atoms with van der Waals surface area (Å²) in [6.07, 6.45) is 2.32. The maximum Gasteiger partial charge on any atom is 0.410 e. The molecule has 360 valence electrons. The highest BCUT2D eigenvalue weighted by atomic mass is 28.3. The Balaban J connectivity index is 1.16. The van der Waals surface area contributed by atoms with Crippen molar-refractivity contribution in [1.29, 1.82) is 0 Å². The van der Waals surface area contributed by atoms with Crippen LogP contribution >= 0.6 is 0 Å². The number of amides is 4. The molecule has 5 heterocycles. The van der Waals surface area contributed by atoms with Crippen molar-refractivity contribution < 1.29 is 38.1 Å². The minimum absolute atomic E-state index is 0.164. The minimum atomic E-state index is -1.37. The SMILES string of the molecule is CC(C)(C)OC(=O)N1CCC[C@H]1c1nc2ccc(N3CC(=O)N(c4ccc5nc([C@@H]6CCCN6C(=O)OC(C)(C)C)n(COCC[Si](C)(C)C)c5c4)CC3=O)cc2n1COCC[Si](C)(C)C. The number of likely N-dealkylation sites (tertiary alicyclic amines) is 2. The third-order valence-electron chi connectivity index (χ3n) is 12.1. The summed E-state index contributed by atoms with van der Waals surface area (Å²) < 4.78 is 28.3. The number of rotatable bonds is 14. The van der Waals surface area contributed by atoms with Crippen LogP contribution in [0.3, 0.4) is 0 Å². The van der Waals surface area contributed by atoms with E-state index >= 15 is 0 Å². The van der Waals surface area contributed by atoms with Gasteiger partial charge in [-0.05, 0) is 116 Å². The van der Waals surface area contributed by atoms with Gasteiger partial charge in [0, 0.05) is 53.8 Å². The molecule has 0 aliphatic carbocycles. The second-order valence-corrected chi connectivity index (χ2v) is 33.7. The first-order chi connectivity index (χ1) is 30.9. The van der Waals surface area contributed by atoms with E-state index in [4.69, 9.17) is 28.9 Å². The Morgan fingerprint density at radius 3 is 1.35 bits per heavy atom. The average molecular weight is 945 g/mol. The van der Waals surface area contributed by atoms with E-state index < -0.39 is 27.3 Å². The van der Waals surface area contributed by atoms with Gasteiger partial charge in [0.05, 0.1) is 34.2 Å². The highest BCUT2D eigenvalue weighted by molar-refractivity contribution is 6.76. The van der Waals surface area contributed by atoms with Crippen LogP contribution in [-0.4, -0.2) is 120 Å². The van der Waals surface area contributed by atoms with E-state index in [9.17, 15) is 19.2 Å². The lowest BCUT2D eigenvalue weighted by molar-refractivity contribution is -0.125. The molecule has 3 fully saturated rings. The van der Waals surface area contributed by atoms with E-state index in [-0.39, 0.29) is 62.6 Å². The zero-order valence-electron chi connectivity index (χ0n) is 41.4. The van der Waals surface area contributed by atoms with Crippen LogP contribution in [0, 0.1) is 0 Å². The van der Waals surface area contributed by atoms with Crippen molar-refractivity contribution in [2.24, 2.45) is 0 Å². The number of anilines is 2. The normalized spacial score (nSPS) is 19.0. The molecule has 2 aromatic heterocycles. The van der Waals surface area contributed by atoms with Gasteiger partial charge in [-0.25, -0.2) is 19.6 Å². The van der Waals surface area contributed by atoms with Crippen molar-refractivity contribution in [3.8, 4) is 0 Å². The van der Waals surface area contributed by atoms with Crippen LogP contribution in [-0.2, 0) is 42.0 Å². The molecule has 0 radical (unpaired) electrons. The van der Waals surface area contributed by atoms with E-state index in [1.165, 1.54) is 9.80 Å². The standard InChI is InChI=1S/C48H72N8O8Si2/c1-47(2,3)63-45(59)51-21-13-15-37(51)43-49-35-19-17-33(27-39(35)55(43)31-61-23-25-65(7,8)9)53-29-42(58)54(30-41(53)57)34-18-20-36-40(28-34)56(32-62-24-26-66(10,11)12)44(50-36)38-16-14-22-52(38)46(60)64-48(4,5)6/h17-20,27-28,37-38H,13-16,21-26,29-32H2,1-12H3/t37-,38-/m0/s1. The summed E-state index contributed by atoms with van der Waals surface area (Å²) in [5, 5.41) is 0. The summed E-state index contributed by atoms with van der Waals surface area (Å²) >= 11 is 0. The van der Waals surface area contributed by atoms with Gasteiger partial charge in [-0.15, -0.1) is 0 Å². The lowest BCUT2D eigenvalue weighted by Gasteiger charge is -2.34. The third-order valence-corrected chi connectivity index (χ3v) is 15.5. The van der Waals surface area contributed by atoms with Gasteiger partial charge in [0.25, 0.3) is 0 Å². The number of nitrogens with zero attached hydrogens (tertiary/aromatic N) is 8. The molecular weight excluding hydrogens is 873 g/mol. The molecule has 3 aliphatic rings. The number of fused-ring (bicyclic) bond motifs is 2. The van der Waals surface area contributed by atoms with Crippen molar-refractivity contribution >= 4 is 73.6 Å². The van der Waals surface area contributed by atoms with Gasteiger partial charge in [-0.1, -0.05) is 39.3 Å². The van der Waals surface area contributed by atoms with Gasteiger partial charge in [0.2, 0.25) is 11.8 Å². The molecule has 66 heavy (non-hydrogen) atoms. The van der Waals surface area contributed by atoms with Crippen LogP contribution in [0.4, 0.5) is 21.0 Å². The number of ether oxygens (including phenoxy) is 4. The van der Waals surface area contributed by atoms with Crippen LogP contribution in [0.1, 0.15) is 91.0 Å². The zero-order chi connectivity index (χ0) is 47.9. The predicted molar refractivity (Wildman–Crippen MR) is 262 cm³/mol. The number of benzene rings is 2. The topological polar surface area (TPSA) is 154 Å². The third kappa shape index (κ3) is 11.7. The molecule has 18 heteroatoms. The average Bonchev–Trinajstić information content (AvgIpc) is 4.01. The summed E-state index contributed by atoms with van der Waals surface area (Å²) in [5.41, 5.74) is 2.78. The van der Waals surface area contributed by atoms with Crippen molar-refractivity contribution in [3.05, 3.63) is 48.0 Å². The van der Waals surface area contributed by atoms with Crippen molar-refractivity contribution in [2.75, 3.05) is 49.2 Å². The Morgan fingerprint density at radius 1 is 0.621 bits per heavy atom. The fourth-order valence-corrected chi connectivity index (χ4v) is 10.2. The monoisotopic (exact) mass is 945 g/mol. The predicted octanol–water partition coefficient (Wildman–Crippen LogP) is 9.53. The maximum atomic E-state index is 14.2. The number of aromatic nitrogens is 4. The second kappa shape index (κ2) is 19.1. The quantitative estimate of drug-likeness (QED) is 0.0882. The van der Waals surface area contributed by atoms with Gasteiger partial charge in [0.1, 0.15) is 49.4 Å². The first-order valence-corrected chi connectivity index (χ1v) is 31.0. The lowest BCUT2D eigenvalue weighted by Crippen LogP contribution is -2.54. The van der Waals surface area contributed by atoms with E-state index in [1.54, 1.807) is 9.80 Å². The lowest BCUT2D eigenvalue weighted by atomic mass is 10.2. The van der Waals surface area contributed by atoms with E-state index in [0.29, 0.717) is 60.4 Å². The van der Waals surface area contributed by atoms with Crippen LogP contribution in [0.5, 0.6) is 0 Å². The molecule has 7 rings (SSSR count). The Labute approximate surface area is 391 Å². The Bertz CT molecular complexity index is 2270. The van der Waals surface area contributed by atoms with Crippen LogP contribution in [0.2, 0.25) is 51.4 Å². The van der Waals surface area contributed by atoms with Crippen molar-refractivity contribution in [2.45, 2.75) is 155 Å². The fraction of sp³-hybridized carbons (Fsp3) is 0.625. The Morgan fingerprint density at radius 2 is 1.00 bits per heavy atom. The van der Waals surface area contributed by atoms with Crippen LogP contribution in [0.25, 0.3) is 22.1 Å². The molecule has 3 saturated heterocycles.